The maximum Gasteiger partial charge on any atom is 0.407 e. The smallest absolute Gasteiger partial charge is 0.407 e. The molecule has 20 heavy (non-hydrogen) atoms. The van der Waals surface area contributed by atoms with Crippen LogP contribution in [-0.4, -0.2) is 34.8 Å². The standard InChI is InChI=1S/C12H20ClN5O2/c1-12(2,3)20-11(19)16-6-4-5-15-9-8(14)7-17-10(13)18-9/h7H,4-6,14H2,1-3H3,(H,16,19)(H,15,17,18). The molecule has 0 aliphatic rings. The third-order valence-corrected chi connectivity index (χ3v) is 2.28. The molecule has 0 saturated carbocycles. The number of rotatable bonds is 5. The molecule has 0 spiro atoms. The van der Waals surface area contributed by atoms with Gasteiger partial charge < -0.3 is 21.1 Å². The second-order valence-electron chi connectivity index (χ2n) is 5.15. The molecule has 1 heterocycles. The first-order chi connectivity index (χ1) is 9.28. The van der Waals surface area contributed by atoms with Crippen LogP contribution in [0.2, 0.25) is 5.28 Å². The third-order valence-electron chi connectivity index (χ3n) is 2.10. The van der Waals surface area contributed by atoms with Gasteiger partial charge in [0.25, 0.3) is 0 Å². The number of carbonyl (C=O) groups is 1. The van der Waals surface area contributed by atoms with Gasteiger partial charge in [-0.05, 0) is 38.8 Å². The van der Waals surface area contributed by atoms with Crippen LogP contribution in [-0.2, 0) is 4.74 Å². The Kier molecular flexibility index (Phi) is 5.82. The van der Waals surface area contributed by atoms with Gasteiger partial charge in [-0.3, -0.25) is 0 Å². The number of nitrogens with two attached hydrogens (primary N) is 1. The molecule has 7 nitrogen and oxygen atoms in total. The Bertz CT molecular complexity index is 462. The molecule has 0 fully saturated rings. The number of hydrogen-bond acceptors (Lipinski definition) is 6. The van der Waals surface area contributed by atoms with Crippen molar-refractivity contribution in [1.82, 2.24) is 15.3 Å². The second kappa shape index (κ2) is 7.14. The predicted octanol–water partition coefficient (Wildman–Crippen LogP) is 2.04. The number of nitrogen functional groups attached to an aromatic ring is 1. The zero-order valence-corrected chi connectivity index (χ0v) is 12.6. The number of amides is 1. The van der Waals surface area contributed by atoms with Crippen LogP contribution in [0.15, 0.2) is 6.20 Å². The molecular formula is C12H20ClN5O2. The van der Waals surface area contributed by atoms with E-state index < -0.39 is 11.7 Å². The molecule has 1 aromatic rings. The largest absolute Gasteiger partial charge is 0.444 e. The Hall–Kier alpha value is -1.76. The average Bonchev–Trinajstić information content (AvgIpc) is 2.30. The monoisotopic (exact) mass is 301 g/mol. The van der Waals surface area contributed by atoms with E-state index in [4.69, 9.17) is 22.1 Å². The molecule has 1 amide bonds. The summed E-state index contributed by atoms with van der Waals surface area (Å²) >= 11 is 5.67. The van der Waals surface area contributed by atoms with E-state index >= 15 is 0 Å². The van der Waals surface area contributed by atoms with Gasteiger partial charge in [-0.1, -0.05) is 0 Å². The van der Waals surface area contributed by atoms with Gasteiger partial charge in [-0.2, -0.15) is 4.98 Å². The summed E-state index contributed by atoms with van der Waals surface area (Å²) in [5.74, 6) is 0.488. The van der Waals surface area contributed by atoms with Crippen molar-refractivity contribution in [2.45, 2.75) is 32.8 Å². The second-order valence-corrected chi connectivity index (χ2v) is 5.49. The van der Waals surface area contributed by atoms with Crippen LogP contribution < -0.4 is 16.4 Å². The number of alkyl carbamates (subject to hydrolysis) is 1. The van der Waals surface area contributed by atoms with Gasteiger partial charge in [-0.15, -0.1) is 0 Å². The van der Waals surface area contributed by atoms with Crippen LogP contribution >= 0.6 is 11.6 Å². The fraction of sp³-hybridized carbons (Fsp3) is 0.583. The Balaban J connectivity index is 2.22. The Morgan fingerprint density at radius 3 is 2.80 bits per heavy atom. The average molecular weight is 302 g/mol. The maximum absolute atomic E-state index is 11.4. The lowest BCUT2D eigenvalue weighted by Crippen LogP contribution is -2.33. The molecule has 1 aromatic heterocycles. The van der Waals surface area contributed by atoms with Gasteiger partial charge in [0.05, 0.1) is 11.9 Å². The van der Waals surface area contributed by atoms with E-state index in [1.54, 1.807) is 0 Å². The lowest BCUT2D eigenvalue weighted by atomic mass is 10.2. The summed E-state index contributed by atoms with van der Waals surface area (Å²) in [6.45, 7) is 6.52. The van der Waals surface area contributed by atoms with Gasteiger partial charge in [0, 0.05) is 13.1 Å². The van der Waals surface area contributed by atoms with Crippen molar-refractivity contribution < 1.29 is 9.53 Å². The fourth-order valence-corrected chi connectivity index (χ4v) is 1.44. The minimum absolute atomic E-state index is 0.133. The van der Waals surface area contributed by atoms with Gasteiger partial charge in [-0.25, -0.2) is 9.78 Å². The number of nitrogens with one attached hydrogen (secondary N) is 2. The predicted molar refractivity (Wildman–Crippen MR) is 78.8 cm³/mol. The first kappa shape index (κ1) is 16.3. The van der Waals surface area contributed by atoms with Crippen LogP contribution in [0.25, 0.3) is 0 Å². The van der Waals surface area contributed by atoms with Crippen LogP contribution in [0.3, 0.4) is 0 Å². The highest BCUT2D eigenvalue weighted by Gasteiger charge is 2.15. The molecule has 0 atom stereocenters. The van der Waals surface area contributed by atoms with Gasteiger partial charge >= 0.3 is 6.09 Å². The normalized spacial score (nSPS) is 11.0. The highest BCUT2D eigenvalue weighted by Crippen LogP contribution is 2.15. The minimum Gasteiger partial charge on any atom is -0.444 e. The van der Waals surface area contributed by atoms with E-state index in [9.17, 15) is 4.79 Å². The Labute approximate surface area is 123 Å². The number of anilines is 2. The van der Waals surface area contributed by atoms with Crippen molar-refractivity contribution in [3.8, 4) is 0 Å². The van der Waals surface area contributed by atoms with E-state index in [0.29, 0.717) is 31.0 Å². The summed E-state index contributed by atoms with van der Waals surface area (Å²) in [5.41, 5.74) is 5.62. The van der Waals surface area contributed by atoms with E-state index in [-0.39, 0.29) is 5.28 Å². The molecule has 0 radical (unpaired) electrons. The minimum atomic E-state index is -0.492. The van der Waals surface area contributed by atoms with Crippen LogP contribution in [0, 0.1) is 0 Å². The van der Waals surface area contributed by atoms with Crippen LogP contribution in [0.1, 0.15) is 27.2 Å². The zero-order valence-electron chi connectivity index (χ0n) is 11.9. The summed E-state index contributed by atoms with van der Waals surface area (Å²) in [6.07, 6.45) is 1.71. The number of halogens is 1. The van der Waals surface area contributed by atoms with E-state index in [0.717, 1.165) is 0 Å². The summed E-state index contributed by atoms with van der Waals surface area (Å²) in [6, 6.07) is 0. The molecule has 0 bridgehead atoms. The number of nitrogens with zero attached hydrogens (tertiary/aromatic N) is 2. The van der Waals surface area contributed by atoms with Gasteiger partial charge in [0.2, 0.25) is 5.28 Å². The summed E-state index contributed by atoms with van der Waals surface area (Å²) in [5, 5.41) is 5.82. The van der Waals surface area contributed by atoms with Crippen molar-refractivity contribution in [3.63, 3.8) is 0 Å². The quantitative estimate of drug-likeness (QED) is 0.568. The summed E-state index contributed by atoms with van der Waals surface area (Å²) < 4.78 is 5.11. The van der Waals surface area contributed by atoms with Gasteiger partial charge in [0.1, 0.15) is 5.60 Å². The van der Waals surface area contributed by atoms with Crippen molar-refractivity contribution in [2.75, 3.05) is 24.1 Å². The first-order valence-corrected chi connectivity index (χ1v) is 6.64. The molecule has 0 aliphatic carbocycles. The molecular weight excluding hydrogens is 282 g/mol. The summed E-state index contributed by atoms with van der Waals surface area (Å²) in [4.78, 5) is 19.1. The van der Waals surface area contributed by atoms with Crippen molar-refractivity contribution in [1.29, 1.82) is 0 Å². The highest BCUT2D eigenvalue weighted by atomic mass is 35.5. The lowest BCUT2D eigenvalue weighted by Gasteiger charge is -2.19. The molecule has 0 unspecified atom stereocenters. The van der Waals surface area contributed by atoms with Crippen molar-refractivity contribution in [3.05, 3.63) is 11.5 Å². The molecule has 4 N–H and O–H groups in total. The molecule has 1 rings (SSSR count). The number of ether oxygens (including phenoxy) is 1. The molecule has 8 heteroatoms. The molecule has 0 aliphatic heterocycles. The Morgan fingerprint density at radius 1 is 1.45 bits per heavy atom. The Morgan fingerprint density at radius 2 is 2.15 bits per heavy atom. The highest BCUT2D eigenvalue weighted by molar-refractivity contribution is 6.28. The van der Waals surface area contributed by atoms with Crippen molar-refractivity contribution >= 4 is 29.2 Å². The first-order valence-electron chi connectivity index (χ1n) is 6.26. The third kappa shape index (κ3) is 6.42. The number of hydrogen-bond donors (Lipinski definition) is 3. The van der Waals surface area contributed by atoms with Crippen molar-refractivity contribution in [2.24, 2.45) is 0 Å². The summed E-state index contributed by atoms with van der Waals surface area (Å²) in [7, 11) is 0. The van der Waals surface area contributed by atoms with E-state index in [2.05, 4.69) is 20.6 Å². The van der Waals surface area contributed by atoms with Crippen LogP contribution in [0.4, 0.5) is 16.3 Å². The number of aromatic nitrogens is 2. The molecule has 112 valence electrons. The van der Waals surface area contributed by atoms with Crippen LogP contribution in [0.5, 0.6) is 0 Å². The molecule has 0 saturated heterocycles. The number of carbonyl (C=O) groups excluding carboxylic acids is 1. The topological polar surface area (TPSA) is 102 Å². The van der Waals surface area contributed by atoms with Gasteiger partial charge in [0.15, 0.2) is 5.82 Å². The SMILES string of the molecule is CC(C)(C)OC(=O)NCCCNc1nc(Cl)ncc1N. The molecule has 0 aromatic carbocycles. The lowest BCUT2D eigenvalue weighted by molar-refractivity contribution is 0.0528. The van der Waals surface area contributed by atoms with E-state index in [1.807, 2.05) is 20.8 Å². The van der Waals surface area contributed by atoms with E-state index in [1.165, 1.54) is 6.20 Å². The zero-order chi connectivity index (χ0) is 15.2. The maximum atomic E-state index is 11.4. The fourth-order valence-electron chi connectivity index (χ4n) is 1.31.